The number of ketones is 1. The van der Waals surface area contributed by atoms with Gasteiger partial charge in [-0.1, -0.05) is 15.9 Å². The van der Waals surface area contributed by atoms with E-state index in [0.717, 1.165) is 28.6 Å². The summed E-state index contributed by atoms with van der Waals surface area (Å²) in [6.45, 7) is 0.717. The minimum atomic E-state index is 0.224. The van der Waals surface area contributed by atoms with Gasteiger partial charge in [0.25, 0.3) is 0 Å². The fourth-order valence-electron chi connectivity index (χ4n) is 2.04. The number of benzene rings is 1. The van der Waals surface area contributed by atoms with E-state index in [9.17, 15) is 4.79 Å². The third-order valence-electron chi connectivity index (χ3n) is 2.80. The van der Waals surface area contributed by atoms with E-state index in [1.807, 2.05) is 6.07 Å². The smallest absolute Gasteiger partial charge is 0.137 e. The Morgan fingerprint density at radius 3 is 3.06 bits per heavy atom. The van der Waals surface area contributed by atoms with Gasteiger partial charge in [0, 0.05) is 35.2 Å². The van der Waals surface area contributed by atoms with Crippen molar-refractivity contribution in [2.75, 3.05) is 12.5 Å². The van der Waals surface area contributed by atoms with E-state index in [0.29, 0.717) is 25.3 Å². The maximum atomic E-state index is 11.8. The van der Waals surface area contributed by atoms with Gasteiger partial charge in [-0.3, -0.25) is 4.79 Å². The van der Waals surface area contributed by atoms with Gasteiger partial charge in [0.05, 0.1) is 6.61 Å². The van der Waals surface area contributed by atoms with Gasteiger partial charge < -0.3 is 4.74 Å². The Balaban J connectivity index is 2.13. The molecule has 0 saturated carbocycles. The van der Waals surface area contributed by atoms with Gasteiger partial charge >= 0.3 is 0 Å². The second-order valence-electron chi connectivity index (χ2n) is 4.16. The molecule has 0 fully saturated rings. The van der Waals surface area contributed by atoms with Gasteiger partial charge in [-0.25, -0.2) is 0 Å². The summed E-state index contributed by atoms with van der Waals surface area (Å²) in [4.78, 5) is 11.8. The minimum absolute atomic E-state index is 0.224. The SMILES string of the molecule is O=C(CCCCl)Cc1cc(Br)cc2c1OCC2. The maximum absolute atomic E-state index is 11.8. The number of fused-ring (bicyclic) bond motifs is 1. The Kier molecular flexibility index (Phi) is 4.46. The molecule has 0 spiro atoms. The molecule has 0 aromatic heterocycles. The van der Waals surface area contributed by atoms with Crippen LogP contribution >= 0.6 is 27.5 Å². The Bertz CT molecular complexity index is 432. The molecule has 92 valence electrons. The van der Waals surface area contributed by atoms with Crippen LogP contribution in [-0.2, 0) is 17.6 Å². The molecule has 1 aliphatic rings. The quantitative estimate of drug-likeness (QED) is 0.777. The molecular weight excluding hydrogens is 303 g/mol. The fourth-order valence-corrected chi connectivity index (χ4v) is 2.73. The number of rotatable bonds is 5. The average Bonchev–Trinajstić information content (AvgIpc) is 2.74. The molecule has 4 heteroatoms. The van der Waals surface area contributed by atoms with E-state index < -0.39 is 0 Å². The van der Waals surface area contributed by atoms with Crippen molar-refractivity contribution in [1.82, 2.24) is 0 Å². The van der Waals surface area contributed by atoms with Crippen molar-refractivity contribution >= 4 is 33.3 Å². The van der Waals surface area contributed by atoms with Gasteiger partial charge in [-0.05, 0) is 24.1 Å². The molecule has 0 N–H and O–H groups in total. The lowest BCUT2D eigenvalue weighted by molar-refractivity contribution is -0.118. The molecule has 1 aromatic rings. The molecular formula is C13H14BrClO2. The van der Waals surface area contributed by atoms with Crippen LogP contribution in [-0.4, -0.2) is 18.3 Å². The molecule has 0 aliphatic carbocycles. The Morgan fingerprint density at radius 1 is 1.47 bits per heavy atom. The molecule has 1 aliphatic heterocycles. The fraction of sp³-hybridized carbons (Fsp3) is 0.462. The number of halogens is 2. The van der Waals surface area contributed by atoms with E-state index in [1.165, 1.54) is 5.56 Å². The van der Waals surface area contributed by atoms with Crippen LogP contribution < -0.4 is 4.74 Å². The standard InChI is InChI=1S/C13H14BrClO2/c14-11-6-9-3-5-17-13(9)10(7-11)8-12(16)2-1-4-15/h6-7H,1-5,8H2. The van der Waals surface area contributed by atoms with Crippen molar-refractivity contribution in [3.63, 3.8) is 0 Å². The molecule has 0 amide bonds. The highest BCUT2D eigenvalue weighted by Crippen LogP contribution is 2.33. The summed E-state index contributed by atoms with van der Waals surface area (Å²) in [5.41, 5.74) is 2.19. The van der Waals surface area contributed by atoms with E-state index in [1.54, 1.807) is 0 Å². The normalized spacial score (nSPS) is 13.3. The summed E-state index contributed by atoms with van der Waals surface area (Å²) in [6, 6.07) is 4.04. The number of Topliss-reactive ketones (excluding diaryl/α,β-unsaturated/α-hetero) is 1. The number of ether oxygens (including phenoxy) is 1. The number of alkyl halides is 1. The van der Waals surface area contributed by atoms with Crippen LogP contribution in [0.5, 0.6) is 5.75 Å². The van der Waals surface area contributed by atoms with Gasteiger partial charge in [-0.2, -0.15) is 0 Å². The van der Waals surface area contributed by atoms with Gasteiger partial charge in [-0.15, -0.1) is 11.6 Å². The number of carbonyl (C=O) groups is 1. The first-order valence-electron chi connectivity index (χ1n) is 5.72. The van der Waals surface area contributed by atoms with Crippen molar-refractivity contribution in [1.29, 1.82) is 0 Å². The molecule has 0 unspecified atom stereocenters. The highest BCUT2D eigenvalue weighted by Gasteiger charge is 2.18. The van der Waals surface area contributed by atoms with Crippen LogP contribution in [0.4, 0.5) is 0 Å². The zero-order valence-electron chi connectivity index (χ0n) is 9.47. The van der Waals surface area contributed by atoms with Crippen molar-refractivity contribution < 1.29 is 9.53 Å². The molecule has 17 heavy (non-hydrogen) atoms. The number of hydrogen-bond donors (Lipinski definition) is 0. The highest BCUT2D eigenvalue weighted by molar-refractivity contribution is 9.10. The van der Waals surface area contributed by atoms with Crippen LogP contribution in [0.1, 0.15) is 24.0 Å². The van der Waals surface area contributed by atoms with Crippen molar-refractivity contribution in [3.8, 4) is 5.75 Å². The van der Waals surface area contributed by atoms with Crippen LogP contribution in [0.15, 0.2) is 16.6 Å². The van der Waals surface area contributed by atoms with Crippen molar-refractivity contribution in [2.45, 2.75) is 25.7 Å². The highest BCUT2D eigenvalue weighted by atomic mass is 79.9. The number of carbonyl (C=O) groups excluding carboxylic acids is 1. The third-order valence-corrected chi connectivity index (χ3v) is 3.53. The zero-order valence-corrected chi connectivity index (χ0v) is 11.8. The van der Waals surface area contributed by atoms with E-state index in [4.69, 9.17) is 16.3 Å². The second kappa shape index (κ2) is 5.87. The Hall–Kier alpha value is -0.540. The molecule has 0 radical (unpaired) electrons. The van der Waals surface area contributed by atoms with Gasteiger partial charge in [0.15, 0.2) is 0 Å². The molecule has 1 aromatic carbocycles. The Labute approximate surface area is 114 Å². The van der Waals surface area contributed by atoms with Crippen LogP contribution in [0.25, 0.3) is 0 Å². The molecule has 0 atom stereocenters. The summed E-state index contributed by atoms with van der Waals surface area (Å²) in [6.07, 6.45) is 2.67. The predicted molar refractivity (Wildman–Crippen MR) is 72.0 cm³/mol. The first-order chi connectivity index (χ1) is 8.20. The first-order valence-corrected chi connectivity index (χ1v) is 7.05. The summed E-state index contributed by atoms with van der Waals surface area (Å²) in [7, 11) is 0. The molecule has 1 heterocycles. The maximum Gasteiger partial charge on any atom is 0.137 e. The average molecular weight is 318 g/mol. The topological polar surface area (TPSA) is 26.3 Å². The van der Waals surface area contributed by atoms with Crippen molar-refractivity contribution in [2.24, 2.45) is 0 Å². The largest absolute Gasteiger partial charge is 0.493 e. The lowest BCUT2D eigenvalue weighted by Gasteiger charge is -2.08. The van der Waals surface area contributed by atoms with E-state index >= 15 is 0 Å². The monoisotopic (exact) mass is 316 g/mol. The summed E-state index contributed by atoms with van der Waals surface area (Å²) >= 11 is 9.05. The Morgan fingerprint density at radius 2 is 2.29 bits per heavy atom. The molecule has 0 saturated heterocycles. The van der Waals surface area contributed by atoms with Crippen LogP contribution in [0.2, 0.25) is 0 Å². The third kappa shape index (κ3) is 3.23. The van der Waals surface area contributed by atoms with Gasteiger partial charge in [0.2, 0.25) is 0 Å². The van der Waals surface area contributed by atoms with Crippen molar-refractivity contribution in [3.05, 3.63) is 27.7 Å². The molecule has 2 rings (SSSR count). The minimum Gasteiger partial charge on any atom is -0.493 e. The second-order valence-corrected chi connectivity index (χ2v) is 5.45. The molecule has 0 bridgehead atoms. The molecule has 2 nitrogen and oxygen atoms in total. The number of hydrogen-bond acceptors (Lipinski definition) is 2. The van der Waals surface area contributed by atoms with Gasteiger partial charge in [0.1, 0.15) is 11.5 Å². The summed E-state index contributed by atoms with van der Waals surface area (Å²) in [5.74, 6) is 1.67. The van der Waals surface area contributed by atoms with Crippen LogP contribution in [0.3, 0.4) is 0 Å². The van der Waals surface area contributed by atoms with E-state index in [2.05, 4.69) is 22.0 Å². The predicted octanol–water partition coefficient (Wildman–Crippen LogP) is 3.51. The lowest BCUT2D eigenvalue weighted by Crippen LogP contribution is -2.04. The summed E-state index contributed by atoms with van der Waals surface area (Å²) in [5, 5.41) is 0. The summed E-state index contributed by atoms with van der Waals surface area (Å²) < 4.78 is 6.61. The first kappa shape index (κ1) is 12.9. The van der Waals surface area contributed by atoms with E-state index in [-0.39, 0.29) is 5.78 Å². The zero-order chi connectivity index (χ0) is 12.3. The lowest BCUT2D eigenvalue weighted by atomic mass is 10.0. The van der Waals surface area contributed by atoms with Crippen LogP contribution in [0, 0.1) is 0 Å².